The molecule has 1 aromatic heterocycles. The van der Waals surface area contributed by atoms with E-state index in [1.54, 1.807) is 42.5 Å². The van der Waals surface area contributed by atoms with Gasteiger partial charge in [0.2, 0.25) is 0 Å². The number of rotatable bonds is 3. The van der Waals surface area contributed by atoms with E-state index < -0.39 is 5.91 Å². The smallest absolute Gasteiger partial charge is 0.307 e. The molecule has 3 aromatic rings. The van der Waals surface area contributed by atoms with Gasteiger partial charge >= 0.3 is 5.91 Å². The molecule has 0 saturated heterocycles. The molecule has 2 aromatic carbocycles. The number of phenols is 1. The number of carbonyl (C=O) groups is 1. The van der Waals surface area contributed by atoms with E-state index in [0.717, 1.165) is 5.39 Å². The lowest BCUT2D eigenvalue weighted by Gasteiger charge is -1.96. The van der Waals surface area contributed by atoms with Crippen LogP contribution in [0.5, 0.6) is 5.75 Å². The molecular formula is C16H11ClN2O3. The second-order valence-corrected chi connectivity index (χ2v) is 5.02. The van der Waals surface area contributed by atoms with Gasteiger partial charge in [0.05, 0.1) is 6.21 Å². The van der Waals surface area contributed by atoms with Crippen LogP contribution < -0.4 is 5.43 Å². The number of hydrazone groups is 1. The predicted molar refractivity (Wildman–Crippen MR) is 84.4 cm³/mol. The van der Waals surface area contributed by atoms with Gasteiger partial charge in [0.25, 0.3) is 0 Å². The molecule has 0 saturated carbocycles. The maximum Gasteiger partial charge on any atom is 0.307 e. The van der Waals surface area contributed by atoms with Crippen molar-refractivity contribution in [2.24, 2.45) is 5.10 Å². The molecular weight excluding hydrogens is 304 g/mol. The Labute approximate surface area is 130 Å². The average molecular weight is 315 g/mol. The third-order valence-electron chi connectivity index (χ3n) is 2.95. The van der Waals surface area contributed by atoms with Crippen molar-refractivity contribution in [3.8, 4) is 5.75 Å². The highest BCUT2D eigenvalue weighted by atomic mass is 35.5. The highest BCUT2D eigenvalue weighted by Gasteiger charge is 2.11. The molecule has 6 heteroatoms. The number of hydrogen-bond acceptors (Lipinski definition) is 4. The Hall–Kier alpha value is -2.79. The van der Waals surface area contributed by atoms with Gasteiger partial charge < -0.3 is 9.52 Å². The minimum atomic E-state index is -0.469. The van der Waals surface area contributed by atoms with Crippen LogP contribution in [0.1, 0.15) is 16.1 Å². The zero-order valence-electron chi connectivity index (χ0n) is 11.3. The standard InChI is InChI=1S/C16H11ClN2O3/c17-12-4-5-14-11(7-12)8-15(22-14)16(21)19-18-9-10-2-1-3-13(20)6-10/h1-9,20H,(H,19,21)/b18-9+. The lowest BCUT2D eigenvalue weighted by atomic mass is 10.2. The largest absolute Gasteiger partial charge is 0.508 e. The molecule has 0 spiro atoms. The van der Waals surface area contributed by atoms with Gasteiger partial charge in [-0.1, -0.05) is 23.7 Å². The van der Waals surface area contributed by atoms with Crippen molar-refractivity contribution in [2.45, 2.75) is 0 Å². The van der Waals surface area contributed by atoms with Crippen LogP contribution in [0.15, 0.2) is 58.0 Å². The fourth-order valence-electron chi connectivity index (χ4n) is 1.95. The highest BCUT2D eigenvalue weighted by molar-refractivity contribution is 6.31. The van der Waals surface area contributed by atoms with Crippen LogP contribution in [0.4, 0.5) is 0 Å². The van der Waals surface area contributed by atoms with Crippen molar-refractivity contribution in [1.29, 1.82) is 0 Å². The van der Waals surface area contributed by atoms with Gasteiger partial charge in [0.1, 0.15) is 11.3 Å². The number of fused-ring (bicyclic) bond motifs is 1. The molecule has 5 nitrogen and oxygen atoms in total. The van der Waals surface area contributed by atoms with E-state index in [0.29, 0.717) is 16.2 Å². The molecule has 1 heterocycles. The zero-order valence-corrected chi connectivity index (χ0v) is 12.0. The molecule has 0 aliphatic rings. The first-order chi connectivity index (χ1) is 10.6. The minimum Gasteiger partial charge on any atom is -0.508 e. The summed E-state index contributed by atoms with van der Waals surface area (Å²) in [7, 11) is 0. The third-order valence-corrected chi connectivity index (χ3v) is 3.19. The Balaban J connectivity index is 1.73. The summed E-state index contributed by atoms with van der Waals surface area (Å²) >= 11 is 5.89. The number of nitrogens with one attached hydrogen (secondary N) is 1. The summed E-state index contributed by atoms with van der Waals surface area (Å²) in [5, 5.41) is 14.5. The molecule has 0 unspecified atom stereocenters. The average Bonchev–Trinajstić information content (AvgIpc) is 2.90. The molecule has 0 atom stereocenters. The van der Waals surface area contributed by atoms with E-state index in [-0.39, 0.29) is 11.5 Å². The van der Waals surface area contributed by atoms with Gasteiger partial charge in [-0.15, -0.1) is 0 Å². The zero-order chi connectivity index (χ0) is 15.5. The number of phenolic OH excluding ortho intramolecular Hbond substituents is 1. The summed E-state index contributed by atoms with van der Waals surface area (Å²) in [6, 6.07) is 13.2. The lowest BCUT2D eigenvalue weighted by Crippen LogP contribution is -2.16. The van der Waals surface area contributed by atoms with Crippen LogP contribution in [0.2, 0.25) is 5.02 Å². The molecule has 0 bridgehead atoms. The molecule has 0 fully saturated rings. The topological polar surface area (TPSA) is 74.8 Å². The fraction of sp³-hybridized carbons (Fsp3) is 0. The van der Waals surface area contributed by atoms with E-state index in [9.17, 15) is 9.90 Å². The van der Waals surface area contributed by atoms with Crippen molar-refractivity contribution >= 4 is 34.7 Å². The first-order valence-electron chi connectivity index (χ1n) is 6.43. The van der Waals surface area contributed by atoms with Crippen LogP contribution in [0, 0.1) is 0 Å². The quantitative estimate of drug-likeness (QED) is 0.573. The van der Waals surface area contributed by atoms with Gasteiger partial charge in [-0.3, -0.25) is 4.79 Å². The first-order valence-corrected chi connectivity index (χ1v) is 6.81. The number of nitrogens with zero attached hydrogens (tertiary/aromatic N) is 1. The second kappa shape index (κ2) is 5.91. The normalized spacial score (nSPS) is 11.1. The minimum absolute atomic E-state index is 0.129. The number of hydrogen-bond donors (Lipinski definition) is 2. The third kappa shape index (κ3) is 3.10. The monoisotopic (exact) mass is 314 g/mol. The van der Waals surface area contributed by atoms with Crippen molar-refractivity contribution in [3.63, 3.8) is 0 Å². The number of furan rings is 1. The van der Waals surface area contributed by atoms with E-state index in [4.69, 9.17) is 16.0 Å². The predicted octanol–water partition coefficient (Wildman–Crippen LogP) is 3.56. The molecule has 3 rings (SSSR count). The summed E-state index contributed by atoms with van der Waals surface area (Å²) < 4.78 is 5.42. The summed E-state index contributed by atoms with van der Waals surface area (Å²) in [4.78, 5) is 12.0. The van der Waals surface area contributed by atoms with Crippen LogP contribution >= 0.6 is 11.6 Å². The van der Waals surface area contributed by atoms with Gasteiger partial charge in [-0.05, 0) is 42.0 Å². The Morgan fingerprint density at radius 3 is 2.91 bits per heavy atom. The molecule has 22 heavy (non-hydrogen) atoms. The van der Waals surface area contributed by atoms with Crippen LogP contribution in [0.25, 0.3) is 11.0 Å². The summed E-state index contributed by atoms with van der Waals surface area (Å²) in [5.74, 6) is -0.196. The van der Waals surface area contributed by atoms with E-state index >= 15 is 0 Å². The summed E-state index contributed by atoms with van der Waals surface area (Å²) in [5.41, 5.74) is 3.60. The Kier molecular flexibility index (Phi) is 3.80. The Morgan fingerprint density at radius 1 is 1.23 bits per heavy atom. The van der Waals surface area contributed by atoms with Crippen molar-refractivity contribution in [1.82, 2.24) is 5.43 Å². The second-order valence-electron chi connectivity index (χ2n) is 4.59. The molecule has 0 aliphatic heterocycles. The summed E-state index contributed by atoms with van der Waals surface area (Å²) in [6.45, 7) is 0. The van der Waals surface area contributed by atoms with Gasteiger partial charge in [-0.25, -0.2) is 5.43 Å². The summed E-state index contributed by atoms with van der Waals surface area (Å²) in [6.07, 6.45) is 1.43. The van der Waals surface area contributed by atoms with Crippen molar-refractivity contribution in [3.05, 3.63) is 64.9 Å². The number of carbonyl (C=O) groups excluding carboxylic acids is 1. The Morgan fingerprint density at radius 2 is 2.09 bits per heavy atom. The van der Waals surface area contributed by atoms with E-state index in [1.165, 1.54) is 12.3 Å². The van der Waals surface area contributed by atoms with Crippen LogP contribution in [-0.4, -0.2) is 17.2 Å². The molecule has 1 amide bonds. The van der Waals surface area contributed by atoms with Crippen molar-refractivity contribution in [2.75, 3.05) is 0 Å². The van der Waals surface area contributed by atoms with Crippen molar-refractivity contribution < 1.29 is 14.3 Å². The maximum absolute atomic E-state index is 12.0. The van der Waals surface area contributed by atoms with E-state index in [1.807, 2.05) is 0 Å². The molecule has 110 valence electrons. The van der Waals surface area contributed by atoms with Crippen LogP contribution in [-0.2, 0) is 0 Å². The number of halogens is 1. The lowest BCUT2D eigenvalue weighted by molar-refractivity contribution is 0.0929. The SMILES string of the molecule is O=C(N/N=C/c1cccc(O)c1)c1cc2cc(Cl)ccc2o1. The van der Waals surface area contributed by atoms with Gasteiger partial charge in [-0.2, -0.15) is 5.10 Å². The van der Waals surface area contributed by atoms with E-state index in [2.05, 4.69) is 10.5 Å². The fourth-order valence-corrected chi connectivity index (χ4v) is 2.13. The number of aromatic hydroxyl groups is 1. The number of amides is 1. The van der Waals surface area contributed by atoms with Crippen LogP contribution in [0.3, 0.4) is 0 Å². The molecule has 2 N–H and O–H groups in total. The first kappa shape index (κ1) is 14.2. The van der Waals surface area contributed by atoms with Gasteiger partial charge in [0.15, 0.2) is 5.76 Å². The van der Waals surface area contributed by atoms with Gasteiger partial charge in [0, 0.05) is 10.4 Å². The maximum atomic E-state index is 12.0. The molecule has 0 aliphatic carbocycles. The Bertz CT molecular complexity index is 871. The highest BCUT2D eigenvalue weighted by Crippen LogP contribution is 2.22. The molecule has 0 radical (unpaired) electrons. The number of benzene rings is 2.